The van der Waals surface area contributed by atoms with E-state index in [0.717, 1.165) is 19.5 Å². The molecule has 0 bridgehead atoms. The lowest BCUT2D eigenvalue weighted by Gasteiger charge is -2.24. The van der Waals surface area contributed by atoms with Gasteiger partial charge in [0.1, 0.15) is 6.04 Å². The van der Waals surface area contributed by atoms with Crippen LogP contribution < -0.4 is 10.6 Å². The number of carbonyl (C=O) groups excluding carboxylic acids is 1. The van der Waals surface area contributed by atoms with Crippen molar-refractivity contribution in [1.82, 2.24) is 15.5 Å². The van der Waals surface area contributed by atoms with Gasteiger partial charge in [0.25, 0.3) is 0 Å². The van der Waals surface area contributed by atoms with Crippen molar-refractivity contribution in [3.63, 3.8) is 0 Å². The first-order valence-electron chi connectivity index (χ1n) is 6.01. The first-order chi connectivity index (χ1) is 8.02. The van der Waals surface area contributed by atoms with Crippen LogP contribution in [0.4, 0.5) is 4.79 Å². The van der Waals surface area contributed by atoms with E-state index in [-0.39, 0.29) is 11.9 Å². The number of urea groups is 1. The number of carboxylic acid groups (broad SMARTS) is 1. The maximum atomic E-state index is 11.9. The lowest BCUT2D eigenvalue weighted by Crippen LogP contribution is -2.50. The Morgan fingerprint density at radius 1 is 1.29 bits per heavy atom. The summed E-state index contributed by atoms with van der Waals surface area (Å²) < 4.78 is 0. The minimum atomic E-state index is -0.985. The first kappa shape index (κ1) is 13.8. The molecule has 2 amide bonds. The van der Waals surface area contributed by atoms with E-state index in [1.54, 1.807) is 18.7 Å². The third kappa shape index (κ3) is 4.22. The monoisotopic (exact) mass is 243 g/mol. The van der Waals surface area contributed by atoms with Crippen LogP contribution in [0.25, 0.3) is 0 Å². The van der Waals surface area contributed by atoms with Gasteiger partial charge in [0.15, 0.2) is 0 Å². The van der Waals surface area contributed by atoms with E-state index in [9.17, 15) is 9.59 Å². The Bertz CT molecular complexity index is 273. The van der Waals surface area contributed by atoms with Gasteiger partial charge in [0, 0.05) is 19.6 Å². The zero-order valence-electron chi connectivity index (χ0n) is 10.4. The fourth-order valence-corrected chi connectivity index (χ4v) is 1.79. The summed E-state index contributed by atoms with van der Waals surface area (Å²) in [6.45, 7) is 6.51. The summed E-state index contributed by atoms with van der Waals surface area (Å²) in [5.41, 5.74) is 0. The van der Waals surface area contributed by atoms with Gasteiger partial charge in [-0.05, 0) is 18.9 Å². The van der Waals surface area contributed by atoms with Crippen molar-refractivity contribution < 1.29 is 14.7 Å². The molecule has 1 atom stereocenters. The second-order valence-electron chi connectivity index (χ2n) is 4.60. The van der Waals surface area contributed by atoms with Crippen LogP contribution in [0.15, 0.2) is 0 Å². The highest BCUT2D eigenvalue weighted by atomic mass is 16.4. The van der Waals surface area contributed by atoms with E-state index >= 15 is 0 Å². The first-order valence-corrected chi connectivity index (χ1v) is 6.01. The largest absolute Gasteiger partial charge is 0.480 e. The number of nitrogens with zero attached hydrogens (tertiary/aromatic N) is 1. The molecule has 1 aliphatic rings. The smallest absolute Gasteiger partial charge is 0.326 e. The van der Waals surface area contributed by atoms with Gasteiger partial charge in [-0.25, -0.2) is 9.59 Å². The Balaban J connectivity index is 2.53. The van der Waals surface area contributed by atoms with Gasteiger partial charge < -0.3 is 20.6 Å². The summed E-state index contributed by atoms with van der Waals surface area (Å²) in [5.74, 6) is -1.11. The number of amides is 2. The molecule has 0 radical (unpaired) electrons. The zero-order chi connectivity index (χ0) is 12.8. The van der Waals surface area contributed by atoms with Crippen LogP contribution in [0.5, 0.6) is 0 Å². The molecule has 0 spiro atoms. The fourth-order valence-electron chi connectivity index (χ4n) is 1.79. The van der Waals surface area contributed by atoms with Gasteiger partial charge in [-0.15, -0.1) is 0 Å². The van der Waals surface area contributed by atoms with Gasteiger partial charge in [-0.2, -0.15) is 0 Å². The predicted molar refractivity (Wildman–Crippen MR) is 63.9 cm³/mol. The quantitative estimate of drug-likeness (QED) is 0.656. The van der Waals surface area contributed by atoms with Crippen molar-refractivity contribution in [2.45, 2.75) is 26.3 Å². The predicted octanol–water partition coefficient (Wildman–Crippen LogP) is 0.101. The molecule has 1 rings (SSSR count). The van der Waals surface area contributed by atoms with Crippen LogP contribution in [0.1, 0.15) is 20.3 Å². The van der Waals surface area contributed by atoms with Gasteiger partial charge >= 0.3 is 12.0 Å². The van der Waals surface area contributed by atoms with Crippen LogP contribution in [0, 0.1) is 5.92 Å². The number of rotatable bonds is 3. The van der Waals surface area contributed by atoms with Crippen molar-refractivity contribution in [2.75, 3.05) is 26.2 Å². The van der Waals surface area contributed by atoms with E-state index < -0.39 is 12.0 Å². The van der Waals surface area contributed by atoms with E-state index in [1.807, 2.05) is 0 Å². The Morgan fingerprint density at radius 2 is 2.00 bits per heavy atom. The average molecular weight is 243 g/mol. The molecule has 0 aromatic heterocycles. The molecule has 1 saturated heterocycles. The molecule has 1 aliphatic heterocycles. The fraction of sp³-hybridized carbons (Fsp3) is 0.818. The summed E-state index contributed by atoms with van der Waals surface area (Å²) in [5, 5.41) is 14.8. The van der Waals surface area contributed by atoms with E-state index in [1.165, 1.54) is 0 Å². The standard InChI is InChI=1S/C11H21N3O3/c1-8(2)9(10(15)16)13-11(17)14-6-3-4-12-5-7-14/h8-9,12H,3-7H2,1-2H3,(H,13,17)(H,15,16)/t9-/m1/s1. The molecule has 0 unspecified atom stereocenters. The molecule has 98 valence electrons. The van der Waals surface area contributed by atoms with Crippen LogP contribution in [0.3, 0.4) is 0 Å². The van der Waals surface area contributed by atoms with Crippen molar-refractivity contribution >= 4 is 12.0 Å². The Hall–Kier alpha value is -1.30. The molecule has 0 aromatic carbocycles. The third-order valence-electron chi connectivity index (χ3n) is 2.84. The maximum Gasteiger partial charge on any atom is 0.326 e. The summed E-state index contributed by atoms with van der Waals surface area (Å²) in [7, 11) is 0. The van der Waals surface area contributed by atoms with Crippen LogP contribution in [-0.2, 0) is 4.79 Å². The Morgan fingerprint density at radius 3 is 2.59 bits per heavy atom. The SMILES string of the molecule is CC(C)[C@@H](NC(=O)N1CCCNCC1)C(=O)O. The van der Waals surface area contributed by atoms with E-state index in [0.29, 0.717) is 13.1 Å². The normalized spacial score (nSPS) is 18.6. The number of hydrogen-bond acceptors (Lipinski definition) is 3. The minimum Gasteiger partial charge on any atom is -0.480 e. The van der Waals surface area contributed by atoms with E-state index in [4.69, 9.17) is 5.11 Å². The van der Waals surface area contributed by atoms with Crippen molar-refractivity contribution in [3.8, 4) is 0 Å². The molecule has 1 heterocycles. The second kappa shape index (κ2) is 6.44. The molecule has 3 N–H and O–H groups in total. The number of aliphatic carboxylic acids is 1. The highest BCUT2D eigenvalue weighted by molar-refractivity contribution is 5.82. The Kier molecular flexibility index (Phi) is 5.21. The zero-order valence-corrected chi connectivity index (χ0v) is 10.4. The molecule has 17 heavy (non-hydrogen) atoms. The third-order valence-corrected chi connectivity index (χ3v) is 2.84. The number of carboxylic acids is 1. The molecule has 6 nitrogen and oxygen atoms in total. The van der Waals surface area contributed by atoms with Crippen LogP contribution >= 0.6 is 0 Å². The molecule has 6 heteroatoms. The van der Waals surface area contributed by atoms with Crippen molar-refractivity contribution in [2.24, 2.45) is 5.92 Å². The lowest BCUT2D eigenvalue weighted by atomic mass is 10.1. The van der Waals surface area contributed by atoms with Crippen molar-refractivity contribution in [1.29, 1.82) is 0 Å². The molecular formula is C11H21N3O3. The molecular weight excluding hydrogens is 222 g/mol. The molecule has 0 saturated carbocycles. The molecule has 1 fully saturated rings. The second-order valence-corrected chi connectivity index (χ2v) is 4.60. The number of hydrogen-bond donors (Lipinski definition) is 3. The van der Waals surface area contributed by atoms with Gasteiger partial charge in [0.05, 0.1) is 0 Å². The number of carbonyl (C=O) groups is 2. The van der Waals surface area contributed by atoms with Gasteiger partial charge in [-0.1, -0.05) is 13.8 Å². The van der Waals surface area contributed by atoms with Crippen molar-refractivity contribution in [3.05, 3.63) is 0 Å². The van der Waals surface area contributed by atoms with Gasteiger partial charge in [-0.3, -0.25) is 0 Å². The summed E-state index contributed by atoms with van der Waals surface area (Å²) in [6, 6.07) is -1.10. The van der Waals surface area contributed by atoms with Crippen LogP contribution in [0.2, 0.25) is 0 Å². The topological polar surface area (TPSA) is 81.7 Å². The Labute approximate surface area is 101 Å². The highest BCUT2D eigenvalue weighted by Crippen LogP contribution is 2.04. The molecule has 0 aliphatic carbocycles. The summed E-state index contributed by atoms with van der Waals surface area (Å²) in [4.78, 5) is 24.5. The van der Waals surface area contributed by atoms with E-state index in [2.05, 4.69) is 10.6 Å². The maximum absolute atomic E-state index is 11.9. The molecule has 0 aromatic rings. The summed E-state index contributed by atoms with van der Waals surface area (Å²) >= 11 is 0. The minimum absolute atomic E-state index is 0.124. The van der Waals surface area contributed by atoms with Crippen LogP contribution in [-0.4, -0.2) is 54.2 Å². The highest BCUT2D eigenvalue weighted by Gasteiger charge is 2.25. The lowest BCUT2D eigenvalue weighted by molar-refractivity contribution is -0.140. The average Bonchev–Trinajstić information content (AvgIpc) is 2.52. The summed E-state index contributed by atoms with van der Waals surface area (Å²) in [6.07, 6.45) is 0.896. The number of nitrogens with one attached hydrogen (secondary N) is 2. The van der Waals surface area contributed by atoms with Gasteiger partial charge in [0.2, 0.25) is 0 Å².